The summed E-state index contributed by atoms with van der Waals surface area (Å²) >= 11 is 1.58. The molecule has 0 aromatic carbocycles. The van der Waals surface area contributed by atoms with Crippen LogP contribution in [0.25, 0.3) is 0 Å². The standard InChI is InChI=1S/C5H7N3S/c1-9-8-3-2-5(6)7-4-8/h2-4,6H,1H3/p+1. The van der Waals surface area contributed by atoms with Crippen molar-refractivity contribution in [2.75, 3.05) is 12.0 Å². The number of hydrogen-bond acceptors (Lipinski definition) is 3. The molecular weight excluding hydrogens is 134 g/mol. The maximum atomic E-state index is 5.35. The molecule has 9 heavy (non-hydrogen) atoms. The van der Waals surface area contributed by atoms with Crippen LogP contribution < -0.4 is 9.71 Å². The van der Waals surface area contributed by atoms with Crippen molar-refractivity contribution in [1.82, 2.24) is 4.98 Å². The third kappa shape index (κ3) is 1.57. The predicted octanol–water partition coefficient (Wildman–Crippen LogP) is 0.0774. The molecule has 0 spiro atoms. The van der Waals surface area contributed by atoms with Crippen LogP contribution in [0.2, 0.25) is 0 Å². The van der Waals surface area contributed by atoms with Crippen molar-refractivity contribution in [1.29, 1.82) is 0 Å². The average Bonchev–Trinajstić information content (AvgIpc) is 1.90. The smallest absolute Gasteiger partial charge is 0.300 e. The van der Waals surface area contributed by atoms with Crippen molar-refractivity contribution < 1.29 is 3.97 Å². The van der Waals surface area contributed by atoms with Gasteiger partial charge in [0.25, 0.3) is 6.33 Å². The minimum absolute atomic E-state index is 0.556. The molecule has 0 saturated heterocycles. The number of aromatic nitrogens is 2. The Bertz CT molecular complexity index is 184. The molecular formula is C5H8N3S+. The molecule has 1 rings (SSSR count). The molecule has 4 heteroatoms. The van der Waals surface area contributed by atoms with E-state index in [9.17, 15) is 0 Å². The second-order valence-electron chi connectivity index (χ2n) is 1.53. The normalized spacial score (nSPS) is 9.44. The molecule has 0 aliphatic carbocycles. The first-order chi connectivity index (χ1) is 4.33. The molecule has 0 aliphatic heterocycles. The number of anilines is 1. The first kappa shape index (κ1) is 6.35. The quantitative estimate of drug-likeness (QED) is 0.564. The summed E-state index contributed by atoms with van der Waals surface area (Å²) in [4.78, 5) is 3.87. The highest BCUT2D eigenvalue weighted by molar-refractivity contribution is 7.92. The Labute approximate surface area is 58.0 Å². The first-order valence-corrected chi connectivity index (χ1v) is 3.68. The van der Waals surface area contributed by atoms with E-state index >= 15 is 0 Å². The van der Waals surface area contributed by atoms with E-state index in [4.69, 9.17) is 5.73 Å². The summed E-state index contributed by atoms with van der Waals surface area (Å²) in [7, 11) is 0. The Hall–Kier alpha value is -0.770. The topological polar surface area (TPSA) is 42.8 Å². The zero-order chi connectivity index (χ0) is 6.69. The monoisotopic (exact) mass is 142 g/mol. The van der Waals surface area contributed by atoms with Crippen molar-refractivity contribution in [2.24, 2.45) is 0 Å². The Balaban J connectivity index is 2.88. The van der Waals surface area contributed by atoms with E-state index in [1.165, 1.54) is 0 Å². The second-order valence-corrected chi connectivity index (χ2v) is 2.31. The molecule has 0 unspecified atom stereocenters. The minimum Gasteiger partial charge on any atom is -0.363 e. The van der Waals surface area contributed by atoms with Gasteiger partial charge in [0.2, 0.25) is 5.82 Å². The van der Waals surface area contributed by atoms with E-state index in [0.29, 0.717) is 5.82 Å². The highest BCUT2D eigenvalue weighted by Crippen LogP contribution is 1.89. The van der Waals surface area contributed by atoms with Gasteiger partial charge in [-0.15, -0.1) is 0 Å². The van der Waals surface area contributed by atoms with Gasteiger partial charge < -0.3 is 5.73 Å². The minimum atomic E-state index is 0.556. The van der Waals surface area contributed by atoms with Crippen LogP contribution >= 0.6 is 11.9 Å². The Morgan fingerprint density at radius 2 is 2.56 bits per heavy atom. The highest BCUT2D eigenvalue weighted by atomic mass is 32.2. The van der Waals surface area contributed by atoms with Gasteiger partial charge in [-0.2, -0.15) is 3.97 Å². The summed E-state index contributed by atoms with van der Waals surface area (Å²) in [5.74, 6) is 0.556. The highest BCUT2D eigenvalue weighted by Gasteiger charge is 1.94. The molecule has 0 aliphatic rings. The van der Waals surface area contributed by atoms with E-state index in [-0.39, 0.29) is 0 Å². The van der Waals surface area contributed by atoms with E-state index in [1.807, 2.05) is 16.4 Å². The average molecular weight is 142 g/mol. The summed E-state index contributed by atoms with van der Waals surface area (Å²) in [6.45, 7) is 0. The molecule has 2 N–H and O–H groups in total. The number of nitrogens with two attached hydrogens (primary N) is 1. The Morgan fingerprint density at radius 1 is 1.78 bits per heavy atom. The maximum absolute atomic E-state index is 5.35. The van der Waals surface area contributed by atoms with Crippen LogP contribution in [-0.4, -0.2) is 11.2 Å². The van der Waals surface area contributed by atoms with Gasteiger partial charge in [0.05, 0.1) is 11.9 Å². The molecule has 3 nitrogen and oxygen atoms in total. The van der Waals surface area contributed by atoms with Crippen LogP contribution in [0.3, 0.4) is 0 Å². The van der Waals surface area contributed by atoms with Crippen LogP contribution in [0.5, 0.6) is 0 Å². The first-order valence-electron chi connectivity index (χ1n) is 2.50. The summed E-state index contributed by atoms with van der Waals surface area (Å²) in [6.07, 6.45) is 5.52. The van der Waals surface area contributed by atoms with Gasteiger partial charge in [-0.05, 0) is 4.98 Å². The van der Waals surface area contributed by atoms with Crippen molar-refractivity contribution in [3.05, 3.63) is 18.6 Å². The predicted molar refractivity (Wildman–Crippen MR) is 37.8 cm³/mol. The number of rotatable bonds is 1. The van der Waals surface area contributed by atoms with E-state index in [2.05, 4.69) is 4.98 Å². The fourth-order valence-corrected chi connectivity index (χ4v) is 0.787. The van der Waals surface area contributed by atoms with Crippen molar-refractivity contribution in [3.63, 3.8) is 0 Å². The lowest BCUT2D eigenvalue weighted by atomic mass is 10.6. The van der Waals surface area contributed by atoms with Crippen LogP contribution in [0.1, 0.15) is 0 Å². The van der Waals surface area contributed by atoms with E-state index in [0.717, 1.165) is 0 Å². The van der Waals surface area contributed by atoms with Gasteiger partial charge in [-0.25, -0.2) is 0 Å². The number of hydrogen-bond donors (Lipinski definition) is 1. The summed E-state index contributed by atoms with van der Waals surface area (Å²) in [5.41, 5.74) is 5.35. The third-order valence-corrected chi connectivity index (χ3v) is 1.56. The molecule has 0 saturated carbocycles. The lowest BCUT2D eigenvalue weighted by Gasteiger charge is -1.86. The Morgan fingerprint density at radius 3 is 3.00 bits per heavy atom. The van der Waals surface area contributed by atoms with Crippen LogP contribution in [-0.2, 0) is 0 Å². The molecule has 1 aromatic rings. The number of nitrogen functional groups attached to an aromatic ring is 1. The zero-order valence-electron chi connectivity index (χ0n) is 5.11. The van der Waals surface area contributed by atoms with Gasteiger partial charge >= 0.3 is 0 Å². The molecule has 1 heterocycles. The largest absolute Gasteiger partial charge is 0.363 e. The molecule has 0 atom stereocenters. The van der Waals surface area contributed by atoms with E-state index in [1.54, 1.807) is 24.3 Å². The van der Waals surface area contributed by atoms with Gasteiger partial charge in [0.1, 0.15) is 6.20 Å². The molecule has 0 radical (unpaired) electrons. The lowest BCUT2D eigenvalue weighted by Crippen LogP contribution is -2.23. The Kier molecular flexibility index (Phi) is 1.89. The SMILES string of the molecule is CS[n+]1ccc(N)nc1. The molecule has 0 bridgehead atoms. The summed E-state index contributed by atoms with van der Waals surface area (Å²) in [5, 5.41) is 0. The van der Waals surface area contributed by atoms with Crippen LogP contribution in [0.4, 0.5) is 5.82 Å². The fraction of sp³-hybridized carbons (Fsp3) is 0.200. The third-order valence-electron chi connectivity index (χ3n) is 0.924. The van der Waals surface area contributed by atoms with Gasteiger partial charge in [-0.3, -0.25) is 0 Å². The maximum Gasteiger partial charge on any atom is 0.300 e. The van der Waals surface area contributed by atoms with Gasteiger partial charge in [0, 0.05) is 12.3 Å². The second kappa shape index (κ2) is 2.68. The fourth-order valence-electron chi connectivity index (χ4n) is 0.463. The molecule has 0 amide bonds. The summed E-state index contributed by atoms with van der Waals surface area (Å²) in [6, 6.07) is 1.76. The molecule has 0 fully saturated rings. The molecule has 1 aromatic heterocycles. The van der Waals surface area contributed by atoms with Gasteiger partial charge in [-0.1, -0.05) is 0 Å². The zero-order valence-corrected chi connectivity index (χ0v) is 5.93. The van der Waals surface area contributed by atoms with E-state index < -0.39 is 0 Å². The van der Waals surface area contributed by atoms with Gasteiger partial charge in [0.15, 0.2) is 0 Å². The molecule has 48 valence electrons. The van der Waals surface area contributed by atoms with Crippen LogP contribution in [0, 0.1) is 0 Å². The lowest BCUT2D eigenvalue weighted by molar-refractivity contribution is -0.497. The van der Waals surface area contributed by atoms with Crippen molar-refractivity contribution in [2.45, 2.75) is 0 Å². The summed E-state index contributed by atoms with van der Waals surface area (Å²) < 4.78 is 1.87. The van der Waals surface area contributed by atoms with Crippen molar-refractivity contribution >= 4 is 17.8 Å². The van der Waals surface area contributed by atoms with Crippen molar-refractivity contribution in [3.8, 4) is 0 Å². The number of nitrogens with zero attached hydrogens (tertiary/aromatic N) is 2. The van der Waals surface area contributed by atoms with Crippen LogP contribution in [0.15, 0.2) is 18.6 Å².